The summed E-state index contributed by atoms with van der Waals surface area (Å²) in [6.07, 6.45) is 3.58. The molecule has 0 amide bonds. The largest absolute Gasteiger partial charge is 0.493 e. The van der Waals surface area contributed by atoms with Crippen molar-refractivity contribution in [1.82, 2.24) is 0 Å². The number of unbranched alkanes of at least 4 members (excludes halogenated alkanes) is 2. The van der Waals surface area contributed by atoms with E-state index in [0.717, 1.165) is 18.8 Å². The van der Waals surface area contributed by atoms with Crippen molar-refractivity contribution < 1.29 is 4.74 Å². The van der Waals surface area contributed by atoms with Crippen LogP contribution in [0.4, 0.5) is 0 Å². The van der Waals surface area contributed by atoms with Crippen LogP contribution in [0, 0.1) is 0 Å². The zero-order valence-corrected chi connectivity index (χ0v) is 11.9. The van der Waals surface area contributed by atoms with Gasteiger partial charge in [0.15, 0.2) is 0 Å². The molecule has 0 aliphatic rings. The second kappa shape index (κ2) is 5.96. The fraction of sp³-hybridized carbons (Fsp3) is 0.263. The summed E-state index contributed by atoms with van der Waals surface area (Å²) in [7, 11) is 0. The maximum Gasteiger partial charge on any atom is 0.127 e. The SMILES string of the molecule is CCCCCOc1cccc2c1ccc1ccccc12. The fourth-order valence-corrected chi connectivity index (χ4v) is 2.67. The number of benzene rings is 3. The van der Waals surface area contributed by atoms with Crippen molar-refractivity contribution in [1.29, 1.82) is 0 Å². The zero-order valence-electron chi connectivity index (χ0n) is 11.9. The quantitative estimate of drug-likeness (QED) is 0.433. The van der Waals surface area contributed by atoms with Crippen LogP contribution in [0.15, 0.2) is 54.6 Å². The first-order valence-electron chi connectivity index (χ1n) is 7.43. The van der Waals surface area contributed by atoms with Gasteiger partial charge in [0, 0.05) is 5.39 Å². The van der Waals surface area contributed by atoms with Crippen LogP contribution in [0.2, 0.25) is 0 Å². The fourth-order valence-electron chi connectivity index (χ4n) is 2.67. The van der Waals surface area contributed by atoms with Gasteiger partial charge in [-0.15, -0.1) is 0 Å². The van der Waals surface area contributed by atoms with Gasteiger partial charge < -0.3 is 4.74 Å². The molecule has 3 aromatic carbocycles. The maximum atomic E-state index is 5.97. The molecule has 3 rings (SSSR count). The van der Waals surface area contributed by atoms with Crippen LogP contribution in [0.3, 0.4) is 0 Å². The standard InChI is InChI=1S/C19H20O/c1-2-3-6-14-20-19-11-7-10-17-16-9-5-4-8-15(16)12-13-18(17)19/h4-5,7-13H,2-3,6,14H2,1H3. The van der Waals surface area contributed by atoms with Crippen LogP contribution >= 0.6 is 0 Å². The summed E-state index contributed by atoms with van der Waals surface area (Å²) in [5.74, 6) is 1.00. The minimum atomic E-state index is 0.805. The molecule has 0 bridgehead atoms. The molecule has 0 saturated carbocycles. The Bertz CT molecular complexity index is 715. The van der Waals surface area contributed by atoms with Crippen LogP contribution in [0.25, 0.3) is 21.5 Å². The van der Waals surface area contributed by atoms with Crippen molar-refractivity contribution in [3.63, 3.8) is 0 Å². The summed E-state index contributed by atoms with van der Waals surface area (Å²) >= 11 is 0. The molecule has 0 aliphatic carbocycles. The Morgan fingerprint density at radius 1 is 0.750 bits per heavy atom. The first-order valence-corrected chi connectivity index (χ1v) is 7.43. The van der Waals surface area contributed by atoms with Crippen LogP contribution < -0.4 is 4.74 Å². The average molecular weight is 264 g/mol. The molecule has 0 aliphatic heterocycles. The van der Waals surface area contributed by atoms with Crippen molar-refractivity contribution in [3.05, 3.63) is 54.6 Å². The summed E-state index contributed by atoms with van der Waals surface area (Å²) in [4.78, 5) is 0. The molecule has 0 heterocycles. The molecule has 0 N–H and O–H groups in total. The molecule has 102 valence electrons. The smallest absolute Gasteiger partial charge is 0.127 e. The third kappa shape index (κ3) is 2.49. The van der Waals surface area contributed by atoms with Gasteiger partial charge in [0.2, 0.25) is 0 Å². The molecule has 0 saturated heterocycles. The lowest BCUT2D eigenvalue weighted by molar-refractivity contribution is 0.310. The Balaban J connectivity index is 1.99. The number of hydrogen-bond acceptors (Lipinski definition) is 1. The molecule has 0 aromatic heterocycles. The van der Waals surface area contributed by atoms with Crippen LogP contribution in [-0.2, 0) is 0 Å². The highest BCUT2D eigenvalue weighted by atomic mass is 16.5. The number of rotatable bonds is 5. The van der Waals surface area contributed by atoms with Gasteiger partial charge in [-0.05, 0) is 28.6 Å². The third-order valence-electron chi connectivity index (χ3n) is 3.75. The van der Waals surface area contributed by atoms with E-state index in [0.29, 0.717) is 0 Å². The molecule has 0 atom stereocenters. The maximum absolute atomic E-state index is 5.97. The lowest BCUT2D eigenvalue weighted by Crippen LogP contribution is -1.97. The molecule has 0 spiro atoms. The number of hydrogen-bond donors (Lipinski definition) is 0. The number of fused-ring (bicyclic) bond motifs is 3. The highest BCUT2D eigenvalue weighted by molar-refractivity contribution is 6.09. The summed E-state index contributed by atoms with van der Waals surface area (Å²) in [6, 6.07) is 19.2. The van der Waals surface area contributed by atoms with Gasteiger partial charge in [0.1, 0.15) is 5.75 Å². The van der Waals surface area contributed by atoms with Gasteiger partial charge in [-0.25, -0.2) is 0 Å². The molecule has 20 heavy (non-hydrogen) atoms. The van der Waals surface area contributed by atoms with Gasteiger partial charge in [-0.1, -0.05) is 68.3 Å². The van der Waals surface area contributed by atoms with Crippen LogP contribution in [0.1, 0.15) is 26.2 Å². The Hall–Kier alpha value is -2.02. The molecular weight excluding hydrogens is 244 g/mol. The molecule has 0 radical (unpaired) electrons. The van der Waals surface area contributed by atoms with Gasteiger partial charge in [0.05, 0.1) is 6.61 Å². The van der Waals surface area contributed by atoms with Crippen molar-refractivity contribution in [2.75, 3.05) is 6.61 Å². The summed E-state index contributed by atoms with van der Waals surface area (Å²) in [5.41, 5.74) is 0. The minimum Gasteiger partial charge on any atom is -0.493 e. The molecule has 1 nitrogen and oxygen atoms in total. The molecule has 0 unspecified atom stereocenters. The Morgan fingerprint density at radius 3 is 2.50 bits per heavy atom. The molecular formula is C19H20O. The highest BCUT2D eigenvalue weighted by Crippen LogP contribution is 2.31. The average Bonchev–Trinajstić information content (AvgIpc) is 2.51. The van der Waals surface area contributed by atoms with Crippen LogP contribution in [0.5, 0.6) is 5.75 Å². The first kappa shape index (κ1) is 13.0. The normalized spacial score (nSPS) is 11.1. The van der Waals surface area contributed by atoms with Gasteiger partial charge in [0.25, 0.3) is 0 Å². The van der Waals surface area contributed by atoms with E-state index in [1.54, 1.807) is 0 Å². The highest BCUT2D eigenvalue weighted by Gasteiger charge is 2.05. The second-order valence-corrected chi connectivity index (χ2v) is 5.19. The van der Waals surface area contributed by atoms with E-state index in [1.807, 2.05) is 0 Å². The second-order valence-electron chi connectivity index (χ2n) is 5.19. The summed E-state index contributed by atoms with van der Waals surface area (Å²) < 4.78 is 5.97. The van der Waals surface area contributed by atoms with E-state index in [-0.39, 0.29) is 0 Å². The minimum absolute atomic E-state index is 0.805. The predicted octanol–water partition coefficient (Wildman–Crippen LogP) is 5.56. The summed E-state index contributed by atoms with van der Waals surface area (Å²) in [5, 5.41) is 5.06. The van der Waals surface area contributed by atoms with Gasteiger partial charge >= 0.3 is 0 Å². The molecule has 3 aromatic rings. The lowest BCUT2D eigenvalue weighted by Gasteiger charge is -2.10. The topological polar surface area (TPSA) is 9.23 Å². The van der Waals surface area contributed by atoms with Crippen molar-refractivity contribution in [2.45, 2.75) is 26.2 Å². The first-order chi connectivity index (χ1) is 9.90. The van der Waals surface area contributed by atoms with E-state index in [2.05, 4.69) is 61.5 Å². The zero-order chi connectivity index (χ0) is 13.8. The third-order valence-corrected chi connectivity index (χ3v) is 3.75. The number of ether oxygens (including phenoxy) is 1. The van der Waals surface area contributed by atoms with Crippen LogP contribution in [-0.4, -0.2) is 6.61 Å². The van der Waals surface area contributed by atoms with E-state index in [9.17, 15) is 0 Å². The molecule has 1 heteroatoms. The van der Waals surface area contributed by atoms with Crippen molar-refractivity contribution >= 4 is 21.5 Å². The predicted molar refractivity (Wildman–Crippen MR) is 86.5 cm³/mol. The molecule has 0 fully saturated rings. The van der Waals surface area contributed by atoms with Crippen molar-refractivity contribution in [2.24, 2.45) is 0 Å². The van der Waals surface area contributed by atoms with E-state index >= 15 is 0 Å². The van der Waals surface area contributed by atoms with Gasteiger partial charge in [-0.2, -0.15) is 0 Å². The van der Waals surface area contributed by atoms with E-state index < -0.39 is 0 Å². The van der Waals surface area contributed by atoms with E-state index in [4.69, 9.17) is 4.74 Å². The van der Waals surface area contributed by atoms with Crippen molar-refractivity contribution in [3.8, 4) is 5.75 Å². The monoisotopic (exact) mass is 264 g/mol. The Kier molecular flexibility index (Phi) is 3.87. The van der Waals surface area contributed by atoms with Gasteiger partial charge in [-0.3, -0.25) is 0 Å². The lowest BCUT2D eigenvalue weighted by atomic mass is 10.0. The van der Waals surface area contributed by atoms with E-state index in [1.165, 1.54) is 34.4 Å². The Morgan fingerprint density at radius 2 is 1.60 bits per heavy atom. The Labute approximate surface area is 120 Å². The summed E-state index contributed by atoms with van der Waals surface area (Å²) in [6.45, 7) is 3.02.